The lowest BCUT2D eigenvalue weighted by Crippen LogP contribution is -2.19. The summed E-state index contributed by atoms with van der Waals surface area (Å²) in [5, 5.41) is 9.48. The van der Waals surface area contributed by atoms with Crippen molar-refractivity contribution in [2.45, 2.75) is 33.1 Å². The van der Waals surface area contributed by atoms with Gasteiger partial charge in [-0.15, -0.1) is 0 Å². The van der Waals surface area contributed by atoms with E-state index < -0.39 is 0 Å². The van der Waals surface area contributed by atoms with Gasteiger partial charge in [-0.2, -0.15) is 5.10 Å². The van der Waals surface area contributed by atoms with Crippen LogP contribution < -0.4 is 11.1 Å². The summed E-state index contributed by atoms with van der Waals surface area (Å²) >= 11 is 0. The molecule has 1 aromatic carbocycles. The predicted octanol–water partition coefficient (Wildman–Crippen LogP) is 2.85. The van der Waals surface area contributed by atoms with Crippen LogP contribution >= 0.6 is 0 Å². The Balaban J connectivity index is 2.34. The number of carbonyl (C=O) groups is 1. The predicted molar refractivity (Wildman–Crippen MR) is 80.8 cm³/mol. The Morgan fingerprint density at radius 3 is 2.50 bits per heavy atom. The molecule has 2 aromatic rings. The first-order chi connectivity index (χ1) is 9.30. The van der Waals surface area contributed by atoms with Crippen LogP contribution in [0.25, 0.3) is 0 Å². The maximum absolute atomic E-state index is 12.3. The van der Waals surface area contributed by atoms with Gasteiger partial charge in [0.15, 0.2) is 5.82 Å². The number of para-hydroxylation sites is 1. The van der Waals surface area contributed by atoms with Gasteiger partial charge in [-0.05, 0) is 24.0 Å². The van der Waals surface area contributed by atoms with Crippen molar-refractivity contribution in [2.75, 3.05) is 11.1 Å². The summed E-state index contributed by atoms with van der Waals surface area (Å²) in [5.74, 6) is -0.0290. The third-order valence-corrected chi connectivity index (χ3v) is 3.19. The average Bonchev–Trinajstić information content (AvgIpc) is 2.68. The van der Waals surface area contributed by atoms with Crippen molar-refractivity contribution in [1.82, 2.24) is 10.2 Å². The molecule has 2 rings (SSSR count). The van der Waals surface area contributed by atoms with Gasteiger partial charge in [0.05, 0.1) is 0 Å². The first kappa shape index (κ1) is 14.1. The Morgan fingerprint density at radius 1 is 1.30 bits per heavy atom. The molecule has 0 aliphatic carbocycles. The number of amides is 1. The topological polar surface area (TPSA) is 83.8 Å². The van der Waals surface area contributed by atoms with Gasteiger partial charge in [-0.25, -0.2) is 0 Å². The number of aromatic amines is 1. The number of hydrogen-bond donors (Lipinski definition) is 3. The van der Waals surface area contributed by atoms with E-state index in [-0.39, 0.29) is 17.1 Å². The van der Waals surface area contributed by atoms with E-state index in [0.717, 1.165) is 11.3 Å². The van der Waals surface area contributed by atoms with E-state index in [4.69, 9.17) is 5.73 Å². The molecular formula is C15H20N4O. The van der Waals surface area contributed by atoms with Gasteiger partial charge in [0.1, 0.15) is 5.56 Å². The highest BCUT2D eigenvalue weighted by molar-refractivity contribution is 6.08. The number of carbonyl (C=O) groups excluding carboxylic acids is 1. The van der Waals surface area contributed by atoms with Gasteiger partial charge in [-0.1, -0.05) is 39.0 Å². The van der Waals surface area contributed by atoms with Crippen LogP contribution in [0.1, 0.15) is 42.4 Å². The molecule has 106 valence electrons. The Kier molecular flexibility index (Phi) is 3.53. The van der Waals surface area contributed by atoms with E-state index in [1.165, 1.54) is 0 Å². The average molecular weight is 272 g/mol. The van der Waals surface area contributed by atoms with Crippen LogP contribution in [0.4, 0.5) is 11.5 Å². The van der Waals surface area contributed by atoms with Gasteiger partial charge in [0.2, 0.25) is 0 Å². The lowest BCUT2D eigenvalue weighted by Gasteiger charge is -2.23. The Bertz CT molecular complexity index is 618. The van der Waals surface area contributed by atoms with E-state index in [2.05, 4.69) is 36.3 Å². The molecule has 5 nitrogen and oxygen atoms in total. The zero-order chi connectivity index (χ0) is 14.9. The van der Waals surface area contributed by atoms with Crippen molar-refractivity contribution in [2.24, 2.45) is 0 Å². The molecule has 0 aliphatic heterocycles. The van der Waals surface area contributed by atoms with Gasteiger partial charge in [-0.3, -0.25) is 9.89 Å². The monoisotopic (exact) mass is 272 g/mol. The molecule has 20 heavy (non-hydrogen) atoms. The van der Waals surface area contributed by atoms with Crippen LogP contribution in [-0.4, -0.2) is 16.1 Å². The van der Waals surface area contributed by atoms with Crippen molar-refractivity contribution in [1.29, 1.82) is 0 Å². The van der Waals surface area contributed by atoms with E-state index >= 15 is 0 Å². The van der Waals surface area contributed by atoms with Crippen molar-refractivity contribution in [3.8, 4) is 0 Å². The van der Waals surface area contributed by atoms with Crippen LogP contribution in [0.3, 0.4) is 0 Å². The van der Waals surface area contributed by atoms with Crippen molar-refractivity contribution in [3.63, 3.8) is 0 Å². The SMILES string of the molecule is Cc1[nH]nc(N)c1C(=O)Nc1ccccc1C(C)(C)C. The second-order valence-electron chi connectivity index (χ2n) is 5.86. The number of nitrogen functional groups attached to an aromatic ring is 1. The van der Waals surface area contributed by atoms with Gasteiger partial charge < -0.3 is 11.1 Å². The van der Waals surface area contributed by atoms with E-state index in [1.807, 2.05) is 24.3 Å². The zero-order valence-electron chi connectivity index (χ0n) is 12.2. The normalized spacial score (nSPS) is 11.4. The standard InChI is InChI=1S/C15H20N4O/c1-9-12(13(16)19-18-9)14(20)17-11-8-6-5-7-10(11)15(2,3)4/h5-8H,1-4H3,(H,17,20)(H3,16,18,19). The highest BCUT2D eigenvalue weighted by Gasteiger charge is 2.21. The van der Waals surface area contributed by atoms with Crippen molar-refractivity contribution >= 4 is 17.4 Å². The number of anilines is 2. The lowest BCUT2D eigenvalue weighted by molar-refractivity contribution is 0.102. The second-order valence-corrected chi connectivity index (χ2v) is 5.86. The Morgan fingerprint density at radius 2 is 1.95 bits per heavy atom. The van der Waals surface area contributed by atoms with Crippen LogP contribution in [0.2, 0.25) is 0 Å². The van der Waals surface area contributed by atoms with Crippen LogP contribution in [-0.2, 0) is 5.41 Å². The molecule has 0 saturated heterocycles. The molecule has 0 fully saturated rings. The summed E-state index contributed by atoms with van der Waals surface area (Å²) in [7, 11) is 0. The number of benzene rings is 1. The summed E-state index contributed by atoms with van der Waals surface area (Å²) < 4.78 is 0. The fourth-order valence-corrected chi connectivity index (χ4v) is 2.17. The van der Waals surface area contributed by atoms with Crippen LogP contribution in [0.5, 0.6) is 0 Å². The fourth-order valence-electron chi connectivity index (χ4n) is 2.17. The lowest BCUT2D eigenvalue weighted by atomic mass is 9.86. The van der Waals surface area contributed by atoms with Crippen molar-refractivity contribution < 1.29 is 4.79 Å². The smallest absolute Gasteiger partial charge is 0.261 e. The number of nitrogens with two attached hydrogens (primary N) is 1. The summed E-state index contributed by atoms with van der Waals surface area (Å²) in [6.07, 6.45) is 0. The number of nitrogens with zero attached hydrogens (tertiary/aromatic N) is 1. The van der Waals surface area contributed by atoms with Gasteiger partial charge in [0, 0.05) is 11.4 Å². The summed E-state index contributed by atoms with van der Waals surface area (Å²) in [4.78, 5) is 12.3. The third-order valence-electron chi connectivity index (χ3n) is 3.19. The van der Waals surface area contributed by atoms with E-state index in [1.54, 1.807) is 6.92 Å². The number of rotatable bonds is 2. The fraction of sp³-hybridized carbons (Fsp3) is 0.333. The first-order valence-electron chi connectivity index (χ1n) is 6.52. The quantitative estimate of drug-likeness (QED) is 0.786. The Hall–Kier alpha value is -2.30. The molecule has 1 heterocycles. The van der Waals surface area contributed by atoms with Gasteiger partial charge in [0.25, 0.3) is 5.91 Å². The number of hydrogen-bond acceptors (Lipinski definition) is 3. The third kappa shape index (κ3) is 2.66. The molecule has 4 N–H and O–H groups in total. The minimum Gasteiger partial charge on any atom is -0.382 e. The summed E-state index contributed by atoms with van der Waals surface area (Å²) in [6.45, 7) is 8.09. The molecule has 0 aliphatic rings. The van der Waals surface area contributed by atoms with Crippen LogP contribution in [0.15, 0.2) is 24.3 Å². The maximum atomic E-state index is 12.3. The summed E-state index contributed by atoms with van der Waals surface area (Å²) in [6, 6.07) is 7.77. The molecule has 0 spiro atoms. The van der Waals surface area contributed by atoms with Gasteiger partial charge >= 0.3 is 0 Å². The molecule has 1 amide bonds. The van der Waals surface area contributed by atoms with E-state index in [0.29, 0.717) is 11.3 Å². The van der Waals surface area contributed by atoms with E-state index in [9.17, 15) is 4.79 Å². The Labute approximate surface area is 118 Å². The number of nitrogens with one attached hydrogen (secondary N) is 2. The molecule has 5 heteroatoms. The molecular weight excluding hydrogens is 252 g/mol. The number of H-pyrrole nitrogens is 1. The maximum Gasteiger partial charge on any atom is 0.261 e. The molecule has 1 aromatic heterocycles. The molecule has 0 unspecified atom stereocenters. The zero-order valence-corrected chi connectivity index (χ0v) is 12.2. The second kappa shape index (κ2) is 5.00. The highest BCUT2D eigenvalue weighted by Crippen LogP contribution is 2.29. The van der Waals surface area contributed by atoms with Crippen LogP contribution in [0, 0.1) is 6.92 Å². The first-order valence-corrected chi connectivity index (χ1v) is 6.52. The minimum atomic E-state index is -0.245. The summed E-state index contributed by atoms with van der Waals surface area (Å²) in [5.41, 5.74) is 8.59. The molecule has 0 radical (unpaired) electrons. The molecule has 0 bridgehead atoms. The highest BCUT2D eigenvalue weighted by atomic mass is 16.1. The van der Waals surface area contributed by atoms with Crippen molar-refractivity contribution in [3.05, 3.63) is 41.1 Å². The number of aryl methyl sites for hydroxylation is 1. The molecule has 0 saturated carbocycles. The number of aromatic nitrogens is 2. The molecule has 0 atom stereocenters. The largest absolute Gasteiger partial charge is 0.382 e. The minimum absolute atomic E-state index is 0.0547.